The molecule has 6 nitrogen and oxygen atoms in total. The fourth-order valence-electron chi connectivity index (χ4n) is 4.80. The second-order valence-corrected chi connectivity index (χ2v) is 8.40. The molecule has 3 unspecified atom stereocenters. The Labute approximate surface area is 173 Å². The van der Waals surface area contributed by atoms with Crippen LogP contribution in [-0.4, -0.2) is 48.1 Å². The molecule has 2 bridgehead atoms. The first-order chi connectivity index (χ1) is 13.1. The van der Waals surface area contributed by atoms with E-state index in [0.717, 1.165) is 36.9 Å². The van der Waals surface area contributed by atoms with Crippen molar-refractivity contribution in [1.29, 1.82) is 0 Å². The van der Waals surface area contributed by atoms with Crippen molar-refractivity contribution in [1.82, 2.24) is 15.5 Å². The molecule has 4 rings (SSSR count). The Kier molecular flexibility index (Phi) is 6.83. The summed E-state index contributed by atoms with van der Waals surface area (Å²) in [5.74, 6) is 0.0175. The average Bonchev–Trinajstić information content (AvgIpc) is 3.00. The number of aryl methyl sites for hydroxylation is 1. The Bertz CT molecular complexity index is 701. The molecule has 0 spiro atoms. The van der Waals surface area contributed by atoms with Crippen molar-refractivity contribution in [3.05, 3.63) is 29.8 Å². The minimum atomic E-state index is -0.113. The van der Waals surface area contributed by atoms with E-state index in [1.165, 1.54) is 12.8 Å². The summed E-state index contributed by atoms with van der Waals surface area (Å²) >= 11 is 0. The van der Waals surface area contributed by atoms with E-state index in [4.69, 9.17) is 0 Å². The smallest absolute Gasteiger partial charge is 0.321 e. The van der Waals surface area contributed by atoms with E-state index >= 15 is 0 Å². The van der Waals surface area contributed by atoms with Gasteiger partial charge in [-0.2, -0.15) is 0 Å². The number of rotatable bonds is 3. The molecule has 3 heterocycles. The number of halogens is 1. The summed E-state index contributed by atoms with van der Waals surface area (Å²) in [6.07, 6.45) is 6.26. The van der Waals surface area contributed by atoms with Crippen molar-refractivity contribution in [2.45, 2.75) is 63.6 Å². The van der Waals surface area contributed by atoms with E-state index in [9.17, 15) is 9.59 Å². The Morgan fingerprint density at radius 1 is 1.14 bits per heavy atom. The zero-order chi connectivity index (χ0) is 18.8. The normalized spacial score (nSPS) is 29.0. The number of benzene rings is 1. The topological polar surface area (TPSA) is 73.5 Å². The standard InChI is InChI=1S/C21H30N4O2.ClH/c1-14-4-2-6-16(10-14)24-21(27)25-9-3-5-15(13-25)20(26)23-19-11-17-7-8-18(12-19)22-17;/h2,4,6,10,15,17-19,22H,3,5,7-9,11-13H2,1H3,(H,23,26)(H,24,27);1H. The fourth-order valence-corrected chi connectivity index (χ4v) is 4.80. The SMILES string of the molecule is Cc1cccc(NC(=O)N2CCCC(C(=O)NC3CC4CCC(C3)N4)C2)c1.Cl. The van der Waals surface area contributed by atoms with Gasteiger partial charge >= 0.3 is 6.03 Å². The van der Waals surface area contributed by atoms with Gasteiger partial charge in [0.15, 0.2) is 0 Å². The number of nitrogens with one attached hydrogen (secondary N) is 3. The quantitative estimate of drug-likeness (QED) is 0.722. The molecule has 1 aromatic rings. The van der Waals surface area contributed by atoms with Crippen molar-refractivity contribution < 1.29 is 9.59 Å². The number of urea groups is 1. The third-order valence-electron chi connectivity index (χ3n) is 6.17. The number of piperidine rings is 2. The molecule has 3 fully saturated rings. The van der Waals surface area contributed by atoms with Crippen LogP contribution in [0.1, 0.15) is 44.1 Å². The molecule has 3 aliphatic heterocycles. The first-order valence-electron chi connectivity index (χ1n) is 10.3. The number of carbonyl (C=O) groups excluding carboxylic acids is 2. The van der Waals surface area contributed by atoms with Gasteiger partial charge in [-0.15, -0.1) is 12.4 Å². The second kappa shape index (κ2) is 9.14. The van der Waals surface area contributed by atoms with Gasteiger partial charge in [0, 0.05) is 36.9 Å². The lowest BCUT2D eigenvalue weighted by molar-refractivity contribution is -0.127. The van der Waals surface area contributed by atoms with Gasteiger partial charge in [-0.05, 0) is 63.1 Å². The monoisotopic (exact) mass is 406 g/mol. The highest BCUT2D eigenvalue weighted by atomic mass is 35.5. The van der Waals surface area contributed by atoms with Gasteiger partial charge in [0.1, 0.15) is 0 Å². The first-order valence-corrected chi connectivity index (χ1v) is 10.3. The zero-order valence-electron chi connectivity index (χ0n) is 16.4. The minimum absolute atomic E-state index is 0. The molecule has 1 aromatic carbocycles. The van der Waals surface area contributed by atoms with Gasteiger partial charge in [0.25, 0.3) is 0 Å². The summed E-state index contributed by atoms with van der Waals surface area (Å²) in [6, 6.07) is 9.09. The van der Waals surface area contributed by atoms with Gasteiger partial charge in [0.05, 0.1) is 5.92 Å². The molecule has 3 aliphatic rings. The molecule has 0 aliphatic carbocycles. The highest BCUT2D eigenvalue weighted by Crippen LogP contribution is 2.27. The summed E-state index contributed by atoms with van der Waals surface area (Å²) < 4.78 is 0. The predicted molar refractivity (Wildman–Crippen MR) is 113 cm³/mol. The average molecular weight is 407 g/mol. The van der Waals surface area contributed by atoms with Crippen LogP contribution >= 0.6 is 12.4 Å². The summed E-state index contributed by atoms with van der Waals surface area (Å²) in [6.45, 7) is 3.21. The van der Waals surface area contributed by atoms with Crippen LogP contribution < -0.4 is 16.0 Å². The molecular weight excluding hydrogens is 376 g/mol. The lowest BCUT2D eigenvalue weighted by Crippen LogP contribution is -2.52. The third kappa shape index (κ3) is 4.97. The van der Waals surface area contributed by atoms with Crippen LogP contribution in [0.4, 0.5) is 10.5 Å². The lowest BCUT2D eigenvalue weighted by atomic mass is 9.95. The van der Waals surface area contributed by atoms with E-state index in [1.807, 2.05) is 31.2 Å². The molecular formula is C21H31ClN4O2. The molecule has 0 saturated carbocycles. The zero-order valence-corrected chi connectivity index (χ0v) is 17.3. The Hall–Kier alpha value is -1.79. The van der Waals surface area contributed by atoms with E-state index in [2.05, 4.69) is 16.0 Å². The van der Waals surface area contributed by atoms with Crippen LogP contribution in [0, 0.1) is 12.8 Å². The number of nitrogens with zero attached hydrogens (tertiary/aromatic N) is 1. The number of carbonyl (C=O) groups is 2. The lowest BCUT2D eigenvalue weighted by Gasteiger charge is -2.34. The molecule has 3 amide bonds. The number of amides is 3. The summed E-state index contributed by atoms with van der Waals surface area (Å²) in [5, 5.41) is 9.84. The van der Waals surface area contributed by atoms with Crippen molar-refractivity contribution in [3.8, 4) is 0 Å². The van der Waals surface area contributed by atoms with Crippen LogP contribution in [0.5, 0.6) is 0 Å². The second-order valence-electron chi connectivity index (χ2n) is 8.40. The van der Waals surface area contributed by atoms with E-state index in [1.54, 1.807) is 4.90 Å². The highest BCUT2D eigenvalue weighted by Gasteiger charge is 2.36. The van der Waals surface area contributed by atoms with E-state index in [0.29, 0.717) is 25.2 Å². The number of fused-ring (bicyclic) bond motifs is 2. The number of anilines is 1. The number of hydrogen-bond acceptors (Lipinski definition) is 3. The molecule has 28 heavy (non-hydrogen) atoms. The summed E-state index contributed by atoms with van der Waals surface area (Å²) in [5.41, 5.74) is 1.91. The maximum Gasteiger partial charge on any atom is 0.321 e. The van der Waals surface area contributed by atoms with Gasteiger partial charge in [0.2, 0.25) is 5.91 Å². The first kappa shape index (κ1) is 20.9. The molecule has 0 aromatic heterocycles. The van der Waals surface area contributed by atoms with Crippen LogP contribution in [0.3, 0.4) is 0 Å². The van der Waals surface area contributed by atoms with E-state index in [-0.39, 0.29) is 36.3 Å². The number of hydrogen-bond donors (Lipinski definition) is 3. The Morgan fingerprint density at radius 2 is 1.89 bits per heavy atom. The van der Waals surface area contributed by atoms with Crippen LogP contribution in [0.15, 0.2) is 24.3 Å². The minimum Gasteiger partial charge on any atom is -0.353 e. The fraction of sp³-hybridized carbons (Fsp3) is 0.619. The van der Waals surface area contributed by atoms with Crippen molar-refractivity contribution in [2.24, 2.45) is 5.92 Å². The molecule has 0 radical (unpaired) electrons. The molecule has 3 N–H and O–H groups in total. The van der Waals surface area contributed by atoms with Gasteiger partial charge in [-0.1, -0.05) is 12.1 Å². The molecule has 7 heteroatoms. The van der Waals surface area contributed by atoms with Crippen molar-refractivity contribution in [2.75, 3.05) is 18.4 Å². The molecule has 3 atom stereocenters. The van der Waals surface area contributed by atoms with Crippen molar-refractivity contribution >= 4 is 30.0 Å². The van der Waals surface area contributed by atoms with Crippen LogP contribution in [0.25, 0.3) is 0 Å². The van der Waals surface area contributed by atoms with Crippen molar-refractivity contribution in [3.63, 3.8) is 0 Å². The molecule has 3 saturated heterocycles. The largest absolute Gasteiger partial charge is 0.353 e. The Morgan fingerprint density at radius 3 is 2.61 bits per heavy atom. The predicted octanol–water partition coefficient (Wildman–Crippen LogP) is 3.06. The third-order valence-corrected chi connectivity index (χ3v) is 6.17. The number of likely N-dealkylation sites (tertiary alicyclic amines) is 1. The van der Waals surface area contributed by atoms with Gasteiger partial charge in [-0.25, -0.2) is 4.79 Å². The maximum atomic E-state index is 12.8. The Balaban J connectivity index is 0.00000225. The summed E-state index contributed by atoms with van der Waals surface area (Å²) in [4.78, 5) is 27.2. The molecule has 154 valence electrons. The maximum absolute atomic E-state index is 12.8. The van der Waals surface area contributed by atoms with Gasteiger partial charge in [-0.3, -0.25) is 4.79 Å². The highest BCUT2D eigenvalue weighted by molar-refractivity contribution is 5.90. The van der Waals surface area contributed by atoms with Gasteiger partial charge < -0.3 is 20.9 Å². The van der Waals surface area contributed by atoms with Crippen LogP contribution in [0.2, 0.25) is 0 Å². The summed E-state index contributed by atoms with van der Waals surface area (Å²) in [7, 11) is 0. The van der Waals surface area contributed by atoms with E-state index < -0.39 is 0 Å². The van der Waals surface area contributed by atoms with Crippen LogP contribution in [-0.2, 0) is 4.79 Å².